The quantitative estimate of drug-likeness (QED) is 0.851. The molecule has 1 unspecified atom stereocenters. The summed E-state index contributed by atoms with van der Waals surface area (Å²) in [5.41, 5.74) is 2.14. The molecule has 5 heteroatoms. The van der Waals surface area contributed by atoms with E-state index in [4.69, 9.17) is 11.6 Å². The Morgan fingerprint density at radius 1 is 1.40 bits per heavy atom. The molecule has 2 N–H and O–H groups in total. The van der Waals surface area contributed by atoms with Crippen LogP contribution >= 0.6 is 11.6 Å². The number of carbonyl (C=O) groups excluding carboxylic acids is 1. The zero-order chi connectivity index (χ0) is 14.5. The van der Waals surface area contributed by atoms with Gasteiger partial charge in [0.2, 0.25) is 5.91 Å². The zero-order valence-corrected chi connectivity index (χ0v) is 11.8. The minimum Gasteiger partial charge on any atom is -0.388 e. The third kappa shape index (κ3) is 3.79. The average Bonchev–Trinajstić information content (AvgIpc) is 2.43. The maximum absolute atomic E-state index is 11.9. The van der Waals surface area contributed by atoms with Crippen molar-refractivity contribution in [3.05, 3.63) is 58.9 Å². The minimum atomic E-state index is -0.822. The van der Waals surface area contributed by atoms with Crippen molar-refractivity contribution in [3.8, 4) is 0 Å². The Bertz CT molecular complexity index is 602. The number of pyridine rings is 1. The van der Waals surface area contributed by atoms with Crippen LogP contribution in [0.3, 0.4) is 0 Å². The van der Waals surface area contributed by atoms with Crippen LogP contribution in [0.15, 0.2) is 42.6 Å². The number of aliphatic hydroxyl groups is 1. The summed E-state index contributed by atoms with van der Waals surface area (Å²) in [5, 5.41) is 13.1. The van der Waals surface area contributed by atoms with Gasteiger partial charge >= 0.3 is 0 Å². The molecule has 0 saturated heterocycles. The number of rotatable bonds is 4. The predicted molar refractivity (Wildman–Crippen MR) is 78.6 cm³/mol. The number of benzene rings is 1. The van der Waals surface area contributed by atoms with E-state index >= 15 is 0 Å². The van der Waals surface area contributed by atoms with Crippen LogP contribution in [0.4, 0.5) is 5.69 Å². The Balaban J connectivity index is 1.99. The van der Waals surface area contributed by atoms with Gasteiger partial charge in [-0.25, -0.2) is 4.98 Å². The molecule has 2 aromatic rings. The Hall–Kier alpha value is -1.91. The average molecular weight is 291 g/mol. The lowest BCUT2D eigenvalue weighted by molar-refractivity contribution is -0.118. The molecule has 1 aromatic carbocycles. The number of halogens is 1. The van der Waals surface area contributed by atoms with Gasteiger partial charge in [-0.15, -0.1) is 0 Å². The van der Waals surface area contributed by atoms with Crippen LogP contribution in [0, 0.1) is 6.92 Å². The van der Waals surface area contributed by atoms with Crippen molar-refractivity contribution < 1.29 is 9.90 Å². The number of nitrogens with one attached hydrogen (secondary N) is 1. The molecular formula is C15H15ClN2O2. The lowest BCUT2D eigenvalue weighted by Gasteiger charge is -2.12. The van der Waals surface area contributed by atoms with Gasteiger partial charge in [0.25, 0.3) is 0 Å². The van der Waals surface area contributed by atoms with Crippen LogP contribution < -0.4 is 5.32 Å². The number of hydrogen-bond donors (Lipinski definition) is 2. The summed E-state index contributed by atoms with van der Waals surface area (Å²) in [6.45, 7) is 1.83. The van der Waals surface area contributed by atoms with E-state index in [1.54, 1.807) is 18.2 Å². The lowest BCUT2D eigenvalue weighted by atomic mass is 10.1. The standard InChI is InChI=1S/C15H15ClN2O2/c1-10-7-14(16)17-9-12(10)18-15(20)8-13(19)11-5-3-2-4-6-11/h2-7,9,13,19H,8H2,1H3,(H,18,20). The van der Waals surface area contributed by atoms with Crippen molar-refractivity contribution in [2.75, 3.05) is 5.32 Å². The van der Waals surface area contributed by atoms with Gasteiger partial charge in [-0.3, -0.25) is 4.79 Å². The summed E-state index contributed by atoms with van der Waals surface area (Å²) in [6.07, 6.45) is 0.674. The van der Waals surface area contributed by atoms with E-state index in [0.717, 1.165) is 5.56 Å². The number of amides is 1. The van der Waals surface area contributed by atoms with Crippen molar-refractivity contribution in [2.45, 2.75) is 19.4 Å². The highest BCUT2D eigenvalue weighted by Gasteiger charge is 2.13. The first-order valence-electron chi connectivity index (χ1n) is 6.21. The summed E-state index contributed by atoms with van der Waals surface area (Å²) in [7, 11) is 0. The molecule has 0 aliphatic heterocycles. The number of anilines is 1. The second kappa shape index (κ2) is 6.50. The van der Waals surface area contributed by atoms with Gasteiger partial charge in [0.15, 0.2) is 0 Å². The van der Waals surface area contributed by atoms with E-state index in [1.165, 1.54) is 6.20 Å². The first-order chi connectivity index (χ1) is 9.56. The molecule has 0 aliphatic carbocycles. The molecule has 104 valence electrons. The van der Waals surface area contributed by atoms with E-state index in [-0.39, 0.29) is 12.3 Å². The molecule has 1 atom stereocenters. The highest BCUT2D eigenvalue weighted by atomic mass is 35.5. The van der Waals surface area contributed by atoms with Crippen LogP contribution in [0.1, 0.15) is 23.7 Å². The van der Waals surface area contributed by atoms with Crippen LogP contribution in [0.5, 0.6) is 0 Å². The molecule has 1 aromatic heterocycles. The van der Waals surface area contributed by atoms with Gasteiger partial charge in [-0.2, -0.15) is 0 Å². The molecular weight excluding hydrogens is 276 g/mol. The third-order valence-electron chi connectivity index (χ3n) is 2.91. The van der Waals surface area contributed by atoms with Crippen molar-refractivity contribution >= 4 is 23.2 Å². The smallest absolute Gasteiger partial charge is 0.227 e. The molecule has 2 rings (SSSR count). The largest absolute Gasteiger partial charge is 0.388 e. The number of hydrogen-bond acceptors (Lipinski definition) is 3. The fourth-order valence-corrected chi connectivity index (χ4v) is 2.03. The van der Waals surface area contributed by atoms with Crippen LogP contribution in [-0.2, 0) is 4.79 Å². The van der Waals surface area contributed by atoms with Crippen LogP contribution in [0.25, 0.3) is 0 Å². The molecule has 4 nitrogen and oxygen atoms in total. The van der Waals surface area contributed by atoms with Gasteiger partial charge in [-0.05, 0) is 24.1 Å². The highest BCUT2D eigenvalue weighted by molar-refractivity contribution is 6.29. The molecule has 0 radical (unpaired) electrons. The van der Waals surface area contributed by atoms with Crippen molar-refractivity contribution in [2.24, 2.45) is 0 Å². The number of nitrogens with zero attached hydrogens (tertiary/aromatic N) is 1. The third-order valence-corrected chi connectivity index (χ3v) is 3.12. The van der Waals surface area contributed by atoms with E-state index in [0.29, 0.717) is 16.4 Å². The molecule has 0 saturated carbocycles. The lowest BCUT2D eigenvalue weighted by Crippen LogP contribution is -2.16. The second-order valence-corrected chi connectivity index (χ2v) is 4.89. The summed E-state index contributed by atoms with van der Waals surface area (Å²) < 4.78 is 0. The summed E-state index contributed by atoms with van der Waals surface area (Å²) >= 11 is 5.75. The van der Waals surface area contributed by atoms with Gasteiger partial charge in [0, 0.05) is 0 Å². The van der Waals surface area contributed by atoms with Crippen molar-refractivity contribution in [1.82, 2.24) is 4.98 Å². The fraction of sp³-hybridized carbons (Fsp3) is 0.200. The maximum Gasteiger partial charge on any atom is 0.227 e. The first-order valence-corrected chi connectivity index (χ1v) is 6.59. The normalized spacial score (nSPS) is 11.9. The van der Waals surface area contributed by atoms with Crippen molar-refractivity contribution in [3.63, 3.8) is 0 Å². The molecule has 20 heavy (non-hydrogen) atoms. The molecule has 0 fully saturated rings. The van der Waals surface area contributed by atoms with E-state index in [1.807, 2.05) is 25.1 Å². The monoisotopic (exact) mass is 290 g/mol. The Labute approximate surface area is 122 Å². The molecule has 0 bridgehead atoms. The Kier molecular flexibility index (Phi) is 4.71. The van der Waals surface area contributed by atoms with Gasteiger partial charge in [0.05, 0.1) is 24.4 Å². The molecule has 1 heterocycles. The predicted octanol–water partition coefficient (Wildman–Crippen LogP) is 3.11. The fourth-order valence-electron chi connectivity index (χ4n) is 1.82. The number of aryl methyl sites for hydroxylation is 1. The molecule has 1 amide bonds. The topological polar surface area (TPSA) is 62.2 Å². The first kappa shape index (κ1) is 14.5. The van der Waals surface area contributed by atoms with Gasteiger partial charge in [0.1, 0.15) is 5.15 Å². The number of aliphatic hydroxyl groups excluding tert-OH is 1. The van der Waals surface area contributed by atoms with Crippen LogP contribution in [-0.4, -0.2) is 16.0 Å². The minimum absolute atomic E-state index is 0.00786. The highest BCUT2D eigenvalue weighted by Crippen LogP contribution is 2.20. The second-order valence-electron chi connectivity index (χ2n) is 4.50. The summed E-state index contributed by atoms with van der Waals surface area (Å²) in [4.78, 5) is 15.8. The van der Waals surface area contributed by atoms with E-state index in [9.17, 15) is 9.90 Å². The SMILES string of the molecule is Cc1cc(Cl)ncc1NC(=O)CC(O)c1ccccc1. The van der Waals surface area contributed by atoms with Crippen LogP contribution in [0.2, 0.25) is 5.15 Å². The molecule has 0 spiro atoms. The summed E-state index contributed by atoms with van der Waals surface area (Å²) in [6, 6.07) is 10.7. The van der Waals surface area contributed by atoms with E-state index in [2.05, 4.69) is 10.3 Å². The number of aromatic nitrogens is 1. The number of carbonyl (C=O) groups is 1. The van der Waals surface area contributed by atoms with E-state index < -0.39 is 6.10 Å². The van der Waals surface area contributed by atoms with Crippen molar-refractivity contribution in [1.29, 1.82) is 0 Å². The zero-order valence-electron chi connectivity index (χ0n) is 11.0. The Morgan fingerprint density at radius 2 is 2.10 bits per heavy atom. The maximum atomic E-state index is 11.9. The summed E-state index contributed by atoms with van der Waals surface area (Å²) in [5.74, 6) is -0.270. The van der Waals surface area contributed by atoms with Gasteiger partial charge in [-0.1, -0.05) is 41.9 Å². The molecule has 0 aliphatic rings. The Morgan fingerprint density at radius 3 is 2.75 bits per heavy atom. The van der Waals surface area contributed by atoms with Gasteiger partial charge < -0.3 is 10.4 Å².